The molecule has 3 rings (SSSR count). The molecule has 27 heavy (non-hydrogen) atoms. The van der Waals surface area contributed by atoms with Crippen LogP contribution in [0.25, 0.3) is 0 Å². The van der Waals surface area contributed by atoms with E-state index in [4.69, 9.17) is 9.47 Å². The van der Waals surface area contributed by atoms with Gasteiger partial charge in [0.15, 0.2) is 6.23 Å². The molecule has 1 amide bonds. The molecule has 1 heterocycles. The predicted octanol–water partition coefficient (Wildman–Crippen LogP) is 4.30. The summed E-state index contributed by atoms with van der Waals surface area (Å²) in [4.78, 5) is 13.5. The lowest BCUT2D eigenvalue weighted by Crippen LogP contribution is -2.29. The highest BCUT2D eigenvalue weighted by Crippen LogP contribution is 2.36. The summed E-state index contributed by atoms with van der Waals surface area (Å²) < 4.78 is 63.4. The highest BCUT2D eigenvalue weighted by molar-refractivity contribution is 5.79. The third-order valence-corrected chi connectivity index (χ3v) is 4.17. The van der Waals surface area contributed by atoms with Crippen molar-refractivity contribution in [1.29, 1.82) is 0 Å². The van der Waals surface area contributed by atoms with E-state index in [2.05, 4.69) is 0 Å². The molecule has 2 aromatic carbocycles. The average molecular weight is 383 g/mol. The number of amides is 1. The predicted molar refractivity (Wildman–Crippen MR) is 88.3 cm³/mol. The number of para-hydroxylation sites is 1. The number of ether oxygens (including phenoxy) is 2. The summed E-state index contributed by atoms with van der Waals surface area (Å²) in [5, 5.41) is 0. The smallest absolute Gasteiger partial charge is 0.416 e. The number of hydrogen-bond donors (Lipinski definition) is 0. The molecule has 144 valence electrons. The lowest BCUT2D eigenvalue weighted by Gasteiger charge is -2.25. The van der Waals surface area contributed by atoms with Crippen LogP contribution >= 0.6 is 0 Å². The number of hydrogen-bond acceptors (Lipinski definition) is 3. The molecule has 1 atom stereocenters. The Labute approximate surface area is 153 Å². The van der Waals surface area contributed by atoms with Crippen LogP contribution in [-0.4, -0.2) is 24.0 Å². The lowest BCUT2D eigenvalue weighted by molar-refractivity contribution is -0.138. The molecule has 8 heteroatoms. The van der Waals surface area contributed by atoms with Gasteiger partial charge in [0.05, 0.1) is 18.7 Å². The van der Waals surface area contributed by atoms with Gasteiger partial charge in [0.25, 0.3) is 5.91 Å². The molecule has 0 spiro atoms. The van der Waals surface area contributed by atoms with E-state index >= 15 is 0 Å². The monoisotopic (exact) mass is 383 g/mol. The van der Waals surface area contributed by atoms with E-state index in [-0.39, 0.29) is 24.6 Å². The Kier molecular flexibility index (Phi) is 5.36. The van der Waals surface area contributed by atoms with Gasteiger partial charge in [0, 0.05) is 11.1 Å². The summed E-state index contributed by atoms with van der Waals surface area (Å²) >= 11 is 0. The zero-order valence-electron chi connectivity index (χ0n) is 14.4. The largest absolute Gasteiger partial charge is 0.493 e. The van der Waals surface area contributed by atoms with Gasteiger partial charge in [-0.1, -0.05) is 24.3 Å². The lowest BCUT2D eigenvalue weighted by atomic mass is 10.1. The Bertz CT molecular complexity index is 838. The van der Waals surface area contributed by atoms with Crippen molar-refractivity contribution in [2.24, 2.45) is 0 Å². The Morgan fingerprint density at radius 2 is 1.96 bits per heavy atom. The highest BCUT2D eigenvalue weighted by atomic mass is 19.4. The molecule has 1 aliphatic rings. The standard InChI is InChI=1S/C19H17F4NO3/c1-2-26-16-6-4-3-5-14(16)18-24(17(25)11-27-18)10-12-7-8-13(9-15(12)20)19(21,22)23/h3-9,18H,2,10-11H2,1H3. The fourth-order valence-corrected chi connectivity index (χ4v) is 2.89. The first-order valence-corrected chi connectivity index (χ1v) is 8.29. The fraction of sp³-hybridized carbons (Fsp3) is 0.316. The van der Waals surface area contributed by atoms with Crippen LogP contribution in [-0.2, 0) is 22.3 Å². The van der Waals surface area contributed by atoms with E-state index in [0.29, 0.717) is 24.0 Å². The van der Waals surface area contributed by atoms with Crippen molar-refractivity contribution in [2.45, 2.75) is 25.9 Å². The van der Waals surface area contributed by atoms with Crippen LogP contribution in [0.1, 0.15) is 29.8 Å². The van der Waals surface area contributed by atoms with Crippen molar-refractivity contribution in [1.82, 2.24) is 4.90 Å². The number of carbonyl (C=O) groups is 1. The van der Waals surface area contributed by atoms with Crippen LogP contribution < -0.4 is 4.74 Å². The normalized spacial score (nSPS) is 17.4. The molecular formula is C19H17F4NO3. The Hall–Kier alpha value is -2.61. The van der Waals surface area contributed by atoms with Crippen molar-refractivity contribution in [3.8, 4) is 5.75 Å². The molecule has 0 radical (unpaired) electrons. The summed E-state index contributed by atoms with van der Waals surface area (Å²) in [6, 6.07) is 9.23. The highest BCUT2D eigenvalue weighted by Gasteiger charge is 2.36. The molecular weight excluding hydrogens is 366 g/mol. The molecule has 1 unspecified atom stereocenters. The van der Waals surface area contributed by atoms with Crippen LogP contribution in [0.3, 0.4) is 0 Å². The van der Waals surface area contributed by atoms with E-state index in [1.807, 2.05) is 6.92 Å². The van der Waals surface area contributed by atoms with Crippen molar-refractivity contribution in [3.63, 3.8) is 0 Å². The molecule has 2 aromatic rings. The Morgan fingerprint density at radius 1 is 1.22 bits per heavy atom. The molecule has 0 saturated carbocycles. The minimum absolute atomic E-state index is 0.0271. The number of halogens is 4. The molecule has 0 aliphatic carbocycles. The maximum absolute atomic E-state index is 14.2. The molecule has 1 saturated heterocycles. The summed E-state index contributed by atoms with van der Waals surface area (Å²) in [5.74, 6) is -0.885. The van der Waals surface area contributed by atoms with Crippen LogP contribution in [0, 0.1) is 5.82 Å². The second-order valence-corrected chi connectivity index (χ2v) is 5.96. The molecule has 0 aromatic heterocycles. The molecule has 0 bridgehead atoms. The topological polar surface area (TPSA) is 38.8 Å². The van der Waals surface area contributed by atoms with Gasteiger partial charge >= 0.3 is 6.18 Å². The molecule has 1 aliphatic heterocycles. The van der Waals surface area contributed by atoms with Crippen LogP contribution in [0.15, 0.2) is 42.5 Å². The average Bonchev–Trinajstić information content (AvgIpc) is 2.97. The van der Waals surface area contributed by atoms with Crippen molar-refractivity contribution < 1.29 is 31.8 Å². The van der Waals surface area contributed by atoms with Gasteiger partial charge in [-0.2, -0.15) is 13.2 Å². The first-order valence-electron chi connectivity index (χ1n) is 8.29. The summed E-state index contributed by atoms with van der Waals surface area (Å²) in [7, 11) is 0. The first kappa shape index (κ1) is 19.2. The van der Waals surface area contributed by atoms with E-state index in [9.17, 15) is 22.4 Å². The number of rotatable bonds is 5. The van der Waals surface area contributed by atoms with E-state index in [1.165, 1.54) is 4.90 Å². The van der Waals surface area contributed by atoms with Gasteiger partial charge in [-0.3, -0.25) is 4.79 Å². The summed E-state index contributed by atoms with van der Waals surface area (Å²) in [6.45, 7) is 1.80. The summed E-state index contributed by atoms with van der Waals surface area (Å²) in [6.07, 6.45) is -5.44. The van der Waals surface area contributed by atoms with Crippen molar-refractivity contribution >= 4 is 5.91 Å². The molecule has 0 N–H and O–H groups in total. The minimum atomic E-state index is -4.63. The fourth-order valence-electron chi connectivity index (χ4n) is 2.89. The number of benzene rings is 2. The third-order valence-electron chi connectivity index (χ3n) is 4.17. The number of alkyl halides is 3. The van der Waals surface area contributed by atoms with E-state index < -0.39 is 23.8 Å². The van der Waals surface area contributed by atoms with Gasteiger partial charge in [0.2, 0.25) is 0 Å². The van der Waals surface area contributed by atoms with E-state index in [0.717, 1.165) is 12.1 Å². The Balaban J connectivity index is 1.88. The van der Waals surface area contributed by atoms with Crippen LogP contribution in [0.4, 0.5) is 17.6 Å². The second-order valence-electron chi connectivity index (χ2n) is 5.96. The van der Waals surface area contributed by atoms with Gasteiger partial charge < -0.3 is 14.4 Å². The first-order chi connectivity index (χ1) is 12.8. The maximum atomic E-state index is 14.2. The van der Waals surface area contributed by atoms with Crippen molar-refractivity contribution in [2.75, 3.05) is 13.2 Å². The van der Waals surface area contributed by atoms with Gasteiger partial charge in [0.1, 0.15) is 18.2 Å². The summed E-state index contributed by atoms with van der Waals surface area (Å²) in [5.41, 5.74) is -0.510. The molecule has 4 nitrogen and oxygen atoms in total. The number of nitrogens with zero attached hydrogens (tertiary/aromatic N) is 1. The Morgan fingerprint density at radius 3 is 2.63 bits per heavy atom. The van der Waals surface area contributed by atoms with Gasteiger partial charge in [-0.25, -0.2) is 4.39 Å². The zero-order chi connectivity index (χ0) is 19.6. The molecule has 1 fully saturated rings. The maximum Gasteiger partial charge on any atom is 0.416 e. The quantitative estimate of drug-likeness (QED) is 0.723. The minimum Gasteiger partial charge on any atom is -0.493 e. The van der Waals surface area contributed by atoms with Crippen LogP contribution in [0.5, 0.6) is 5.75 Å². The zero-order valence-corrected chi connectivity index (χ0v) is 14.4. The second kappa shape index (κ2) is 7.56. The van der Waals surface area contributed by atoms with Gasteiger partial charge in [-0.15, -0.1) is 0 Å². The van der Waals surface area contributed by atoms with Crippen molar-refractivity contribution in [3.05, 3.63) is 65.0 Å². The van der Waals surface area contributed by atoms with Gasteiger partial charge in [-0.05, 0) is 25.1 Å². The number of carbonyl (C=O) groups excluding carboxylic acids is 1. The SMILES string of the molecule is CCOc1ccccc1C1OCC(=O)N1Cc1ccc(C(F)(F)F)cc1F. The van der Waals surface area contributed by atoms with Crippen LogP contribution in [0.2, 0.25) is 0 Å². The van der Waals surface area contributed by atoms with E-state index in [1.54, 1.807) is 24.3 Å². The third kappa shape index (κ3) is 4.05.